The SMILES string of the molecule is CC(=O)NCCNCc1cc(C(=O)Nc2cccc(-c3cccc4c3cnn4C)c2C)c2nncn2c1. The van der Waals surface area contributed by atoms with Gasteiger partial charge in [-0.05, 0) is 47.4 Å². The number of fused-ring (bicyclic) bond motifs is 2. The molecule has 0 aliphatic heterocycles. The summed E-state index contributed by atoms with van der Waals surface area (Å²) in [5, 5.41) is 22.7. The molecule has 0 saturated heterocycles. The lowest BCUT2D eigenvalue weighted by Gasteiger charge is -2.14. The van der Waals surface area contributed by atoms with Gasteiger partial charge in [-0.3, -0.25) is 18.7 Å². The highest BCUT2D eigenvalue weighted by molar-refractivity contribution is 6.09. The van der Waals surface area contributed by atoms with Crippen molar-refractivity contribution in [3.05, 3.63) is 77.9 Å². The van der Waals surface area contributed by atoms with Crippen LogP contribution in [0.25, 0.3) is 27.7 Å². The zero-order valence-electron chi connectivity index (χ0n) is 20.9. The van der Waals surface area contributed by atoms with Crippen LogP contribution in [0.15, 0.2) is 61.2 Å². The van der Waals surface area contributed by atoms with E-state index in [1.165, 1.54) is 6.92 Å². The largest absolute Gasteiger partial charge is 0.355 e. The third kappa shape index (κ3) is 4.91. The number of nitrogens with zero attached hydrogens (tertiary/aromatic N) is 5. The zero-order valence-corrected chi connectivity index (χ0v) is 20.9. The number of pyridine rings is 1. The zero-order chi connectivity index (χ0) is 25.9. The molecule has 3 heterocycles. The van der Waals surface area contributed by atoms with Gasteiger partial charge in [0.2, 0.25) is 5.91 Å². The second-order valence-electron chi connectivity index (χ2n) is 8.92. The molecule has 37 heavy (non-hydrogen) atoms. The minimum absolute atomic E-state index is 0.0665. The summed E-state index contributed by atoms with van der Waals surface area (Å²) < 4.78 is 3.59. The van der Waals surface area contributed by atoms with Crippen LogP contribution in [0.4, 0.5) is 5.69 Å². The maximum Gasteiger partial charge on any atom is 0.259 e. The van der Waals surface area contributed by atoms with E-state index in [0.717, 1.165) is 38.8 Å². The van der Waals surface area contributed by atoms with Crippen LogP contribution in [0.2, 0.25) is 0 Å². The molecule has 2 amide bonds. The smallest absolute Gasteiger partial charge is 0.259 e. The summed E-state index contributed by atoms with van der Waals surface area (Å²) in [5.74, 6) is -0.332. The molecule has 0 unspecified atom stereocenters. The van der Waals surface area contributed by atoms with E-state index in [-0.39, 0.29) is 11.8 Å². The molecule has 0 spiro atoms. The molecule has 5 aromatic rings. The molecule has 0 radical (unpaired) electrons. The van der Waals surface area contributed by atoms with Crippen molar-refractivity contribution in [2.75, 3.05) is 18.4 Å². The Morgan fingerprint density at radius 1 is 1.05 bits per heavy atom. The Kier molecular flexibility index (Phi) is 6.65. The summed E-state index contributed by atoms with van der Waals surface area (Å²) in [7, 11) is 1.92. The molecule has 0 aliphatic carbocycles. The highest BCUT2D eigenvalue weighted by Gasteiger charge is 2.17. The van der Waals surface area contributed by atoms with Crippen LogP contribution in [0.5, 0.6) is 0 Å². The first kappa shape index (κ1) is 24.1. The summed E-state index contributed by atoms with van der Waals surface area (Å²) in [6.45, 7) is 5.15. The summed E-state index contributed by atoms with van der Waals surface area (Å²) in [4.78, 5) is 24.5. The van der Waals surface area contributed by atoms with Crippen LogP contribution < -0.4 is 16.0 Å². The molecule has 0 atom stereocenters. The van der Waals surface area contributed by atoms with E-state index in [2.05, 4.69) is 43.4 Å². The van der Waals surface area contributed by atoms with Crippen molar-refractivity contribution in [1.82, 2.24) is 35.0 Å². The fourth-order valence-electron chi connectivity index (χ4n) is 4.48. The second-order valence-corrected chi connectivity index (χ2v) is 8.92. The average Bonchev–Trinajstić information content (AvgIpc) is 3.51. The van der Waals surface area contributed by atoms with Gasteiger partial charge in [-0.15, -0.1) is 10.2 Å². The minimum Gasteiger partial charge on any atom is -0.355 e. The first-order valence-electron chi connectivity index (χ1n) is 12.0. The van der Waals surface area contributed by atoms with E-state index in [1.807, 2.05) is 61.4 Å². The fraction of sp³-hybridized carbons (Fsp3) is 0.222. The Morgan fingerprint density at radius 3 is 2.70 bits per heavy atom. The fourth-order valence-corrected chi connectivity index (χ4v) is 4.48. The average molecular weight is 497 g/mol. The minimum atomic E-state index is -0.266. The van der Waals surface area contributed by atoms with Crippen LogP contribution in [0, 0.1) is 6.92 Å². The molecule has 188 valence electrons. The van der Waals surface area contributed by atoms with Gasteiger partial charge in [0.1, 0.15) is 6.33 Å². The summed E-state index contributed by atoms with van der Waals surface area (Å²) in [5.41, 5.74) is 6.62. The standard InChI is InChI=1S/C27H28N8O2/c1-17-20(21-7-5-9-25-23(21)14-31-34(25)3)6-4-8-24(17)32-27(37)22-12-19(13-28-10-11-29-18(2)36)15-35-16-30-33-26(22)35/h4-9,12,14-16,28H,10-11,13H2,1-3H3,(H,29,36)(H,32,37). The highest BCUT2D eigenvalue weighted by Crippen LogP contribution is 2.33. The highest BCUT2D eigenvalue weighted by atomic mass is 16.2. The lowest BCUT2D eigenvalue weighted by molar-refractivity contribution is -0.118. The molecule has 10 nitrogen and oxygen atoms in total. The van der Waals surface area contributed by atoms with Crippen molar-refractivity contribution in [2.24, 2.45) is 7.05 Å². The second kappa shape index (κ2) is 10.2. The number of anilines is 1. The topological polar surface area (TPSA) is 118 Å². The van der Waals surface area contributed by atoms with Gasteiger partial charge in [0.05, 0.1) is 17.3 Å². The first-order valence-corrected chi connectivity index (χ1v) is 12.0. The first-order chi connectivity index (χ1) is 17.9. The summed E-state index contributed by atoms with van der Waals surface area (Å²) in [6.07, 6.45) is 5.33. The van der Waals surface area contributed by atoms with E-state index in [1.54, 1.807) is 10.7 Å². The van der Waals surface area contributed by atoms with Gasteiger partial charge >= 0.3 is 0 Å². The molecule has 0 bridgehead atoms. The molecule has 10 heteroatoms. The van der Waals surface area contributed by atoms with Crippen LogP contribution in [-0.4, -0.2) is 49.3 Å². The number of carbonyl (C=O) groups is 2. The third-order valence-corrected chi connectivity index (χ3v) is 6.36. The van der Waals surface area contributed by atoms with Gasteiger partial charge in [-0.1, -0.05) is 24.3 Å². The van der Waals surface area contributed by atoms with E-state index >= 15 is 0 Å². The number of amides is 2. The molecule has 0 fully saturated rings. The molecule has 5 rings (SSSR count). The van der Waals surface area contributed by atoms with E-state index in [9.17, 15) is 9.59 Å². The lowest BCUT2D eigenvalue weighted by atomic mass is 9.96. The van der Waals surface area contributed by atoms with Crippen LogP contribution in [0.3, 0.4) is 0 Å². The van der Waals surface area contributed by atoms with E-state index in [4.69, 9.17) is 0 Å². The van der Waals surface area contributed by atoms with Crippen molar-refractivity contribution in [3.8, 4) is 11.1 Å². The Labute approximate surface area is 213 Å². The number of hydrogen-bond acceptors (Lipinski definition) is 6. The molecule has 0 aliphatic rings. The third-order valence-electron chi connectivity index (χ3n) is 6.36. The molecule has 3 N–H and O–H groups in total. The number of hydrogen-bond donors (Lipinski definition) is 3. The number of benzene rings is 2. The molecular weight excluding hydrogens is 468 g/mol. The van der Waals surface area contributed by atoms with Gasteiger partial charge in [-0.2, -0.15) is 5.10 Å². The van der Waals surface area contributed by atoms with E-state index < -0.39 is 0 Å². The lowest BCUT2D eigenvalue weighted by Crippen LogP contribution is -2.30. The predicted molar refractivity (Wildman–Crippen MR) is 142 cm³/mol. The summed E-state index contributed by atoms with van der Waals surface area (Å²) in [6, 6.07) is 13.8. The van der Waals surface area contributed by atoms with Gasteiger partial charge in [-0.25, -0.2) is 0 Å². The van der Waals surface area contributed by atoms with Gasteiger partial charge in [0, 0.05) is 50.9 Å². The van der Waals surface area contributed by atoms with Crippen LogP contribution >= 0.6 is 0 Å². The van der Waals surface area contributed by atoms with Crippen molar-refractivity contribution >= 4 is 34.1 Å². The normalized spacial score (nSPS) is 11.2. The number of carbonyl (C=O) groups excluding carboxylic acids is 2. The predicted octanol–water partition coefficient (Wildman–Crippen LogP) is 3.07. The Hall–Kier alpha value is -4.57. The van der Waals surface area contributed by atoms with Crippen LogP contribution in [0.1, 0.15) is 28.4 Å². The maximum atomic E-state index is 13.5. The van der Waals surface area contributed by atoms with Crippen molar-refractivity contribution in [3.63, 3.8) is 0 Å². The molecular formula is C27H28N8O2. The van der Waals surface area contributed by atoms with Crippen molar-refractivity contribution in [2.45, 2.75) is 20.4 Å². The Morgan fingerprint density at radius 2 is 1.86 bits per heavy atom. The quantitative estimate of drug-likeness (QED) is 0.284. The van der Waals surface area contributed by atoms with Gasteiger partial charge < -0.3 is 16.0 Å². The monoisotopic (exact) mass is 496 g/mol. The van der Waals surface area contributed by atoms with Crippen molar-refractivity contribution < 1.29 is 9.59 Å². The molecule has 2 aromatic carbocycles. The van der Waals surface area contributed by atoms with Gasteiger partial charge in [0.25, 0.3) is 5.91 Å². The number of nitrogens with one attached hydrogen (secondary N) is 3. The number of aromatic nitrogens is 5. The van der Waals surface area contributed by atoms with Crippen molar-refractivity contribution in [1.29, 1.82) is 0 Å². The summed E-state index contributed by atoms with van der Waals surface area (Å²) >= 11 is 0. The van der Waals surface area contributed by atoms with Crippen LogP contribution in [-0.2, 0) is 18.4 Å². The Bertz CT molecular complexity index is 1620. The number of aryl methyl sites for hydroxylation is 1. The maximum absolute atomic E-state index is 13.5. The van der Waals surface area contributed by atoms with Gasteiger partial charge in [0.15, 0.2) is 5.65 Å². The molecule has 3 aromatic heterocycles. The number of rotatable bonds is 8. The van der Waals surface area contributed by atoms with E-state index in [0.29, 0.717) is 30.8 Å². The Balaban J connectivity index is 1.41. The molecule has 0 saturated carbocycles.